The number of sulfonamides is 1. The molecule has 0 aliphatic heterocycles. The van der Waals surface area contributed by atoms with E-state index >= 15 is 0 Å². The molecule has 96 valence electrons. The van der Waals surface area contributed by atoms with Gasteiger partial charge in [-0.1, -0.05) is 0 Å². The van der Waals surface area contributed by atoms with Gasteiger partial charge in [0.1, 0.15) is 0 Å². The number of hydrogen-bond acceptors (Lipinski definition) is 4. The summed E-state index contributed by atoms with van der Waals surface area (Å²) in [5, 5.41) is 2.86. The van der Waals surface area contributed by atoms with Gasteiger partial charge in [-0.3, -0.25) is 4.39 Å². The minimum Gasteiger partial charge on any atom is -0.383 e. The molecule has 0 spiro atoms. The lowest BCUT2D eigenvalue weighted by atomic mass is 10.4. The van der Waals surface area contributed by atoms with E-state index in [1.807, 2.05) is 6.92 Å². The summed E-state index contributed by atoms with van der Waals surface area (Å²) in [4.78, 5) is 3.84. The zero-order chi connectivity index (χ0) is 12.7. The lowest BCUT2D eigenvalue weighted by molar-refractivity contribution is 0.470. The molecule has 1 rings (SSSR count). The van der Waals surface area contributed by atoms with Gasteiger partial charge < -0.3 is 5.32 Å². The van der Waals surface area contributed by atoms with Crippen LogP contribution in [0.5, 0.6) is 0 Å². The van der Waals surface area contributed by atoms with E-state index in [2.05, 4.69) is 15.0 Å². The first-order valence-corrected chi connectivity index (χ1v) is 6.84. The van der Waals surface area contributed by atoms with Crippen LogP contribution < -0.4 is 10.0 Å². The molecule has 0 unspecified atom stereocenters. The summed E-state index contributed by atoms with van der Waals surface area (Å²) in [5.74, 6) is 0. The first-order chi connectivity index (χ1) is 8.11. The molecule has 0 fully saturated rings. The Morgan fingerprint density at radius 1 is 1.47 bits per heavy atom. The van der Waals surface area contributed by atoms with Crippen LogP contribution in [0.4, 0.5) is 10.1 Å². The van der Waals surface area contributed by atoms with Crippen LogP contribution in [-0.4, -0.2) is 33.2 Å². The predicted molar refractivity (Wildman–Crippen MR) is 64.2 cm³/mol. The van der Waals surface area contributed by atoms with Crippen LogP contribution in [0.15, 0.2) is 23.4 Å². The Morgan fingerprint density at radius 3 is 2.88 bits per heavy atom. The van der Waals surface area contributed by atoms with Gasteiger partial charge in [0.2, 0.25) is 0 Å². The Balaban J connectivity index is 2.89. The topological polar surface area (TPSA) is 71.1 Å². The average Bonchev–Trinajstić information content (AvgIpc) is 2.30. The predicted octanol–water partition coefficient (Wildman–Crippen LogP) is 1.15. The fourth-order valence-corrected chi connectivity index (χ4v) is 2.45. The van der Waals surface area contributed by atoms with Crippen LogP contribution in [0, 0.1) is 0 Å². The molecule has 0 saturated heterocycles. The second-order valence-corrected chi connectivity index (χ2v) is 5.01. The van der Waals surface area contributed by atoms with Gasteiger partial charge >= 0.3 is 0 Å². The number of aromatic nitrogens is 1. The SMILES string of the molecule is CCNc1cccnc1S(=O)(=O)NCCCF. The maximum absolute atomic E-state index is 11.9. The summed E-state index contributed by atoms with van der Waals surface area (Å²) in [6.07, 6.45) is 1.56. The smallest absolute Gasteiger partial charge is 0.260 e. The minimum atomic E-state index is -3.68. The van der Waals surface area contributed by atoms with Crippen LogP contribution in [0.25, 0.3) is 0 Å². The molecule has 0 aliphatic rings. The Bertz CT molecular complexity index is 451. The maximum Gasteiger partial charge on any atom is 0.260 e. The highest BCUT2D eigenvalue weighted by molar-refractivity contribution is 7.89. The molecule has 2 N–H and O–H groups in total. The molecule has 1 aromatic rings. The number of alkyl halides is 1. The van der Waals surface area contributed by atoms with Gasteiger partial charge in [0.05, 0.1) is 12.4 Å². The van der Waals surface area contributed by atoms with Gasteiger partial charge in [-0.25, -0.2) is 18.1 Å². The number of nitrogens with zero attached hydrogens (tertiary/aromatic N) is 1. The van der Waals surface area contributed by atoms with Gasteiger partial charge in [-0.15, -0.1) is 0 Å². The maximum atomic E-state index is 11.9. The average molecular weight is 261 g/mol. The standard InChI is InChI=1S/C10H16FN3O2S/c1-2-12-9-5-3-7-13-10(9)17(15,16)14-8-4-6-11/h3,5,7,12,14H,2,4,6,8H2,1H3. The first kappa shape index (κ1) is 13.9. The molecule has 0 atom stereocenters. The van der Waals surface area contributed by atoms with Gasteiger partial charge in [0.25, 0.3) is 10.0 Å². The van der Waals surface area contributed by atoms with Gasteiger partial charge in [0, 0.05) is 19.3 Å². The summed E-state index contributed by atoms with van der Waals surface area (Å²) in [6.45, 7) is 1.98. The third kappa shape index (κ3) is 3.94. The normalized spacial score (nSPS) is 11.4. The fourth-order valence-electron chi connectivity index (χ4n) is 1.27. The van der Waals surface area contributed by atoms with E-state index in [0.717, 1.165) is 0 Å². The van der Waals surface area contributed by atoms with Gasteiger partial charge in [-0.2, -0.15) is 0 Å². The van der Waals surface area contributed by atoms with Crippen molar-refractivity contribution < 1.29 is 12.8 Å². The van der Waals surface area contributed by atoms with E-state index in [0.29, 0.717) is 12.2 Å². The zero-order valence-corrected chi connectivity index (χ0v) is 10.4. The molecule has 1 heterocycles. The number of hydrogen-bond donors (Lipinski definition) is 2. The number of pyridine rings is 1. The van der Waals surface area contributed by atoms with Crippen molar-refractivity contribution in [3.05, 3.63) is 18.3 Å². The molecule has 0 bridgehead atoms. The summed E-state index contributed by atoms with van der Waals surface area (Å²) in [7, 11) is -3.68. The molecule has 17 heavy (non-hydrogen) atoms. The van der Waals surface area contributed by atoms with Crippen LogP contribution in [-0.2, 0) is 10.0 Å². The second kappa shape index (κ2) is 6.51. The molecular weight excluding hydrogens is 245 g/mol. The second-order valence-electron chi connectivity index (χ2n) is 3.33. The van der Waals surface area contributed by atoms with Crippen molar-refractivity contribution >= 4 is 15.7 Å². The third-order valence-corrected chi connectivity index (χ3v) is 3.41. The zero-order valence-electron chi connectivity index (χ0n) is 9.61. The van der Waals surface area contributed by atoms with Crippen molar-refractivity contribution in [1.82, 2.24) is 9.71 Å². The summed E-state index contributed by atoms with van der Waals surface area (Å²) in [5.41, 5.74) is 0.447. The molecule has 0 amide bonds. The summed E-state index contributed by atoms with van der Waals surface area (Å²) >= 11 is 0. The number of halogens is 1. The van der Waals surface area contributed by atoms with Crippen molar-refractivity contribution in [1.29, 1.82) is 0 Å². The van der Waals surface area contributed by atoms with Gasteiger partial charge in [-0.05, 0) is 25.5 Å². The lowest BCUT2D eigenvalue weighted by Gasteiger charge is -2.10. The van der Waals surface area contributed by atoms with Crippen molar-refractivity contribution in [2.24, 2.45) is 0 Å². The molecule has 0 aromatic carbocycles. The molecule has 0 aliphatic carbocycles. The molecule has 0 saturated carbocycles. The Labute approximate surface area is 101 Å². The summed E-state index contributed by atoms with van der Waals surface area (Å²) in [6, 6.07) is 3.29. The van der Waals surface area contributed by atoms with E-state index in [1.54, 1.807) is 12.1 Å². The summed E-state index contributed by atoms with van der Waals surface area (Å²) < 4.78 is 37.9. The Hall–Kier alpha value is -1.21. The van der Waals surface area contributed by atoms with E-state index in [4.69, 9.17) is 0 Å². The largest absolute Gasteiger partial charge is 0.383 e. The van der Waals surface area contributed by atoms with Crippen LogP contribution >= 0.6 is 0 Å². The molecule has 5 nitrogen and oxygen atoms in total. The van der Waals surface area contributed by atoms with E-state index in [1.165, 1.54) is 6.20 Å². The third-order valence-electron chi connectivity index (χ3n) is 2.00. The monoisotopic (exact) mass is 261 g/mol. The number of rotatable bonds is 7. The van der Waals surface area contributed by atoms with Gasteiger partial charge in [0.15, 0.2) is 5.03 Å². The molecule has 0 radical (unpaired) electrons. The first-order valence-electron chi connectivity index (χ1n) is 5.36. The lowest BCUT2D eigenvalue weighted by Crippen LogP contribution is -2.26. The van der Waals surface area contributed by atoms with E-state index in [9.17, 15) is 12.8 Å². The molecular formula is C10H16FN3O2S. The van der Waals surface area contributed by atoms with Crippen LogP contribution in [0.3, 0.4) is 0 Å². The van der Waals surface area contributed by atoms with E-state index in [-0.39, 0.29) is 18.0 Å². The minimum absolute atomic E-state index is 0.0549. The Morgan fingerprint density at radius 2 is 2.24 bits per heavy atom. The highest BCUT2D eigenvalue weighted by Gasteiger charge is 2.18. The quantitative estimate of drug-likeness (QED) is 0.722. The number of anilines is 1. The Kier molecular flexibility index (Phi) is 5.30. The van der Waals surface area contributed by atoms with Crippen LogP contribution in [0.1, 0.15) is 13.3 Å². The van der Waals surface area contributed by atoms with Crippen molar-refractivity contribution in [2.45, 2.75) is 18.4 Å². The molecule has 1 aromatic heterocycles. The highest BCUT2D eigenvalue weighted by Crippen LogP contribution is 2.17. The van der Waals surface area contributed by atoms with Crippen LogP contribution in [0.2, 0.25) is 0 Å². The van der Waals surface area contributed by atoms with Crippen molar-refractivity contribution in [3.63, 3.8) is 0 Å². The number of nitrogens with one attached hydrogen (secondary N) is 2. The van der Waals surface area contributed by atoms with E-state index < -0.39 is 16.7 Å². The molecule has 7 heteroatoms. The van der Waals surface area contributed by atoms with Crippen molar-refractivity contribution in [3.8, 4) is 0 Å². The highest BCUT2D eigenvalue weighted by atomic mass is 32.2. The fraction of sp³-hybridized carbons (Fsp3) is 0.500. The van der Waals surface area contributed by atoms with Crippen molar-refractivity contribution in [2.75, 3.05) is 25.1 Å².